The van der Waals surface area contributed by atoms with Gasteiger partial charge >= 0.3 is 0 Å². The van der Waals surface area contributed by atoms with E-state index in [4.69, 9.17) is 5.26 Å². The van der Waals surface area contributed by atoms with Gasteiger partial charge in [0.1, 0.15) is 0 Å². The molecule has 1 rings (SSSR count). The maximum Gasteiger partial charge on any atom is 0.0988 e. The molecule has 0 heterocycles. The molecule has 1 aliphatic carbocycles. The Morgan fingerprint density at radius 2 is 2.40 bits per heavy atom. The van der Waals surface area contributed by atoms with Crippen molar-refractivity contribution in [3.05, 3.63) is 35.5 Å². The fourth-order valence-electron chi connectivity index (χ4n) is 0.879. The van der Waals surface area contributed by atoms with E-state index in [0.29, 0.717) is 0 Å². The zero-order valence-corrected chi connectivity index (χ0v) is 5.96. The van der Waals surface area contributed by atoms with Gasteiger partial charge in [-0.1, -0.05) is 23.8 Å². The maximum atomic E-state index is 8.54. The highest BCUT2D eigenvalue weighted by molar-refractivity contribution is 5.40. The summed E-state index contributed by atoms with van der Waals surface area (Å²) in [6.07, 6.45) is 8.77. The van der Waals surface area contributed by atoms with Crippen molar-refractivity contribution in [3.63, 3.8) is 0 Å². The third-order valence-corrected chi connectivity index (χ3v) is 1.37. The summed E-state index contributed by atoms with van der Waals surface area (Å²) in [5, 5.41) is 8.54. The Balaban J connectivity index is 2.90. The lowest BCUT2D eigenvalue weighted by atomic mass is 10.2. The van der Waals surface area contributed by atoms with Crippen LogP contribution in [0.15, 0.2) is 35.5 Å². The molecule has 1 nitrogen and oxygen atoms in total. The van der Waals surface area contributed by atoms with Gasteiger partial charge in [0.25, 0.3) is 0 Å². The predicted octanol–water partition coefficient (Wildman–Crippen LogP) is 2.34. The first-order valence-electron chi connectivity index (χ1n) is 3.28. The van der Waals surface area contributed by atoms with Gasteiger partial charge in [0.2, 0.25) is 0 Å². The molecular weight excluding hydrogens is 122 g/mol. The second-order valence-corrected chi connectivity index (χ2v) is 2.30. The molecule has 0 unspecified atom stereocenters. The Kier molecular flexibility index (Phi) is 2.07. The van der Waals surface area contributed by atoms with Crippen LogP contribution in [-0.2, 0) is 0 Å². The SMILES string of the molecule is CC1=CC(C#N)=CCC=C1. The van der Waals surface area contributed by atoms with E-state index in [1.807, 2.05) is 25.2 Å². The molecule has 0 aromatic carbocycles. The molecule has 1 aliphatic rings. The van der Waals surface area contributed by atoms with Gasteiger partial charge in [0, 0.05) is 5.57 Å². The van der Waals surface area contributed by atoms with Gasteiger partial charge in [0.05, 0.1) is 6.07 Å². The zero-order chi connectivity index (χ0) is 7.40. The fraction of sp³-hybridized carbons (Fsp3) is 0.222. The molecule has 0 radical (unpaired) electrons. The minimum Gasteiger partial charge on any atom is -0.192 e. The van der Waals surface area contributed by atoms with E-state index in [9.17, 15) is 0 Å². The summed E-state index contributed by atoms with van der Waals surface area (Å²) in [5.41, 5.74) is 1.91. The van der Waals surface area contributed by atoms with Crippen LogP contribution in [0.5, 0.6) is 0 Å². The summed E-state index contributed by atoms with van der Waals surface area (Å²) in [4.78, 5) is 0. The van der Waals surface area contributed by atoms with Crippen LogP contribution < -0.4 is 0 Å². The second-order valence-electron chi connectivity index (χ2n) is 2.30. The standard InChI is InChI=1S/C9H9N/c1-8-4-2-3-5-9(6-8)7-10/h2,4-6H,3H2,1H3. The Hall–Kier alpha value is -1.29. The molecule has 0 amide bonds. The van der Waals surface area contributed by atoms with Crippen LogP contribution in [0.1, 0.15) is 13.3 Å². The first kappa shape index (κ1) is 6.82. The van der Waals surface area contributed by atoms with Crippen LogP contribution in [0, 0.1) is 11.3 Å². The van der Waals surface area contributed by atoms with E-state index in [1.54, 1.807) is 0 Å². The predicted molar refractivity (Wildman–Crippen MR) is 41.2 cm³/mol. The summed E-state index contributed by atoms with van der Waals surface area (Å²) in [6, 6.07) is 2.12. The van der Waals surface area contributed by atoms with Gasteiger partial charge in [-0.25, -0.2) is 0 Å². The molecule has 0 fully saturated rings. The summed E-state index contributed by atoms with van der Waals surface area (Å²) in [5.74, 6) is 0. The molecule has 0 aromatic heterocycles. The van der Waals surface area contributed by atoms with Crippen LogP contribution >= 0.6 is 0 Å². The van der Waals surface area contributed by atoms with Crippen molar-refractivity contribution in [1.29, 1.82) is 5.26 Å². The summed E-state index contributed by atoms with van der Waals surface area (Å²) >= 11 is 0. The molecule has 0 saturated heterocycles. The normalized spacial score (nSPS) is 16.8. The minimum absolute atomic E-state index is 0.766. The number of hydrogen-bond acceptors (Lipinski definition) is 1. The molecule has 0 N–H and O–H groups in total. The van der Waals surface area contributed by atoms with Crippen LogP contribution in [0.25, 0.3) is 0 Å². The molecular formula is C9H9N. The van der Waals surface area contributed by atoms with Gasteiger partial charge in [0.15, 0.2) is 0 Å². The van der Waals surface area contributed by atoms with Crippen LogP contribution in [0.3, 0.4) is 0 Å². The van der Waals surface area contributed by atoms with Crippen molar-refractivity contribution >= 4 is 0 Å². The second kappa shape index (κ2) is 3.03. The van der Waals surface area contributed by atoms with Crippen molar-refractivity contribution in [2.24, 2.45) is 0 Å². The minimum atomic E-state index is 0.766. The van der Waals surface area contributed by atoms with E-state index in [1.165, 1.54) is 0 Å². The highest BCUT2D eigenvalue weighted by Crippen LogP contribution is 2.08. The van der Waals surface area contributed by atoms with E-state index < -0.39 is 0 Å². The van der Waals surface area contributed by atoms with E-state index in [-0.39, 0.29) is 0 Å². The van der Waals surface area contributed by atoms with Crippen molar-refractivity contribution < 1.29 is 0 Å². The van der Waals surface area contributed by atoms with Gasteiger partial charge in [-0.3, -0.25) is 0 Å². The number of hydrogen-bond donors (Lipinski definition) is 0. The molecule has 0 aliphatic heterocycles. The zero-order valence-electron chi connectivity index (χ0n) is 5.96. The maximum absolute atomic E-state index is 8.54. The van der Waals surface area contributed by atoms with Gasteiger partial charge in [-0.05, 0) is 19.4 Å². The Bertz CT molecular complexity index is 248. The quantitative estimate of drug-likeness (QED) is 0.495. The van der Waals surface area contributed by atoms with Crippen molar-refractivity contribution in [3.8, 4) is 6.07 Å². The largest absolute Gasteiger partial charge is 0.192 e. The molecule has 0 bridgehead atoms. The number of nitrogens with zero attached hydrogens (tertiary/aromatic N) is 1. The smallest absolute Gasteiger partial charge is 0.0988 e. The molecule has 1 heteroatoms. The van der Waals surface area contributed by atoms with Gasteiger partial charge in [-0.15, -0.1) is 0 Å². The Morgan fingerprint density at radius 1 is 1.60 bits per heavy atom. The third-order valence-electron chi connectivity index (χ3n) is 1.37. The van der Waals surface area contributed by atoms with E-state index >= 15 is 0 Å². The van der Waals surface area contributed by atoms with E-state index in [0.717, 1.165) is 17.6 Å². The van der Waals surface area contributed by atoms with Crippen LogP contribution in [0.4, 0.5) is 0 Å². The molecule has 50 valence electrons. The first-order chi connectivity index (χ1) is 4.83. The van der Waals surface area contributed by atoms with E-state index in [2.05, 4.69) is 12.1 Å². The lowest BCUT2D eigenvalue weighted by Crippen LogP contribution is -1.70. The number of rotatable bonds is 0. The molecule has 0 atom stereocenters. The van der Waals surface area contributed by atoms with Crippen molar-refractivity contribution in [2.45, 2.75) is 13.3 Å². The average molecular weight is 131 g/mol. The topological polar surface area (TPSA) is 23.8 Å². The highest BCUT2D eigenvalue weighted by Gasteiger charge is 1.92. The van der Waals surface area contributed by atoms with Crippen molar-refractivity contribution in [1.82, 2.24) is 0 Å². The van der Waals surface area contributed by atoms with Crippen LogP contribution in [-0.4, -0.2) is 0 Å². The summed E-state index contributed by atoms with van der Waals surface area (Å²) in [7, 11) is 0. The molecule has 0 saturated carbocycles. The van der Waals surface area contributed by atoms with Crippen LogP contribution in [0.2, 0.25) is 0 Å². The van der Waals surface area contributed by atoms with Crippen molar-refractivity contribution in [2.75, 3.05) is 0 Å². The lowest BCUT2D eigenvalue weighted by Gasteiger charge is -1.85. The third kappa shape index (κ3) is 1.60. The summed E-state index contributed by atoms with van der Waals surface area (Å²) < 4.78 is 0. The molecule has 10 heavy (non-hydrogen) atoms. The molecule has 0 spiro atoms. The fourth-order valence-corrected chi connectivity index (χ4v) is 0.879. The summed E-state index contributed by atoms with van der Waals surface area (Å²) in [6.45, 7) is 1.99. The Morgan fingerprint density at radius 3 is 3.10 bits per heavy atom. The highest BCUT2D eigenvalue weighted by atomic mass is 14.2. The molecule has 0 aromatic rings. The Labute approximate surface area is 61.0 Å². The van der Waals surface area contributed by atoms with Gasteiger partial charge in [-0.2, -0.15) is 5.26 Å². The first-order valence-corrected chi connectivity index (χ1v) is 3.28. The number of allylic oxidation sites excluding steroid dienone is 6. The average Bonchev–Trinajstić information content (AvgIpc) is 2.13. The number of nitriles is 1. The lowest BCUT2D eigenvalue weighted by molar-refractivity contribution is 1.37. The van der Waals surface area contributed by atoms with Gasteiger partial charge < -0.3 is 0 Å². The monoisotopic (exact) mass is 131 g/mol.